The molecule has 0 saturated carbocycles. The largest absolute Gasteiger partial charge is 0.141 e. The third-order valence-corrected chi connectivity index (χ3v) is 11.5. The fourth-order valence-electron chi connectivity index (χ4n) is 6.16. The van der Waals surface area contributed by atoms with E-state index in [-0.39, 0.29) is 5.41 Å². The normalized spacial score (nSPS) is 12.3. The van der Waals surface area contributed by atoms with Crippen LogP contribution >= 0.6 is 0 Å². The van der Waals surface area contributed by atoms with Crippen LogP contribution < -0.4 is 10.4 Å². The van der Waals surface area contributed by atoms with Gasteiger partial charge in [-0.25, -0.2) is 0 Å². The molecule has 0 N–H and O–H groups in total. The Morgan fingerprint density at radius 1 is 0.512 bits per heavy atom. The summed E-state index contributed by atoms with van der Waals surface area (Å²) in [6.07, 6.45) is 0. The Bertz CT molecular complexity index is 1330. The first kappa shape index (κ1) is 35.0. The molecular weight excluding hydrogens is 533 g/mol. The van der Waals surface area contributed by atoms with Crippen LogP contribution in [0.1, 0.15) is 178 Å². The van der Waals surface area contributed by atoms with Gasteiger partial charge in [0.25, 0.3) is 0 Å². The summed E-state index contributed by atoms with van der Waals surface area (Å²) < 4.78 is 0. The molecule has 0 aliphatic heterocycles. The fraction of sp³-hybridized carbons (Fsp3) is 0.524. The number of hydrogen-bond acceptors (Lipinski definition) is 0. The Hall–Kier alpha value is -2.47. The highest BCUT2D eigenvalue weighted by Gasteiger charge is 2.28. The zero-order chi connectivity index (χ0) is 32.4. The van der Waals surface area contributed by atoms with Gasteiger partial charge in [-0.3, -0.25) is 0 Å². The van der Waals surface area contributed by atoms with E-state index in [1.165, 1.54) is 44.5 Å². The van der Waals surface area contributed by atoms with Crippen LogP contribution in [0.25, 0.3) is 5.57 Å². The molecule has 0 heterocycles. The van der Waals surface area contributed by atoms with Crippen LogP contribution in [0.15, 0.2) is 54.6 Å². The molecule has 232 valence electrons. The van der Waals surface area contributed by atoms with Crippen LogP contribution in [-0.4, -0.2) is 13.7 Å². The highest BCUT2D eigenvalue weighted by atomic mass is 28.2. The topological polar surface area (TPSA) is 0 Å². The molecule has 43 heavy (non-hydrogen) atoms. The van der Waals surface area contributed by atoms with Crippen molar-refractivity contribution in [1.82, 2.24) is 0 Å². The van der Waals surface area contributed by atoms with Crippen LogP contribution in [0.4, 0.5) is 0 Å². The van der Waals surface area contributed by atoms with E-state index in [1.807, 2.05) is 0 Å². The number of hydrogen-bond donors (Lipinski definition) is 0. The second kappa shape index (κ2) is 14.1. The summed E-state index contributed by atoms with van der Waals surface area (Å²) in [5.74, 6) is 2.73. The van der Waals surface area contributed by atoms with Crippen LogP contribution in [-0.2, 0) is 0 Å². The maximum absolute atomic E-state index is 4.44. The van der Waals surface area contributed by atoms with Gasteiger partial charge in [0.05, 0.1) is 0 Å². The second-order valence-corrected chi connectivity index (χ2v) is 17.6. The molecular formula is C42H60Si. The van der Waals surface area contributed by atoms with Gasteiger partial charge in [0.1, 0.15) is 8.41 Å². The Morgan fingerprint density at radius 3 is 1.09 bits per heavy atom. The minimum atomic E-state index is -1.50. The van der Waals surface area contributed by atoms with E-state index in [4.69, 9.17) is 0 Å². The quantitative estimate of drug-likeness (QED) is 0.217. The van der Waals surface area contributed by atoms with Crippen molar-refractivity contribution in [2.45, 2.75) is 139 Å². The number of allylic oxidation sites excluding steroid dienone is 1. The van der Waals surface area contributed by atoms with Gasteiger partial charge < -0.3 is 0 Å². The molecule has 0 spiro atoms. The molecule has 0 unspecified atom stereocenters. The zero-order valence-electron chi connectivity index (χ0n) is 30.2. The fourth-order valence-corrected chi connectivity index (χ4v) is 10.0. The molecule has 0 radical (unpaired) electrons. The van der Waals surface area contributed by atoms with Crippen molar-refractivity contribution < 1.29 is 0 Å². The first-order chi connectivity index (χ1) is 19.9. The lowest BCUT2D eigenvalue weighted by atomic mass is 9.83. The minimum Gasteiger partial charge on any atom is -0.141 e. The molecule has 0 aromatic heterocycles. The van der Waals surface area contributed by atoms with Crippen molar-refractivity contribution in [2.75, 3.05) is 0 Å². The van der Waals surface area contributed by atoms with Gasteiger partial charge in [-0.15, -0.1) is 5.33 Å². The first-order valence-electron chi connectivity index (χ1n) is 16.9. The molecule has 0 atom stereocenters. The molecule has 0 saturated heterocycles. The molecule has 0 nitrogen and oxygen atoms in total. The maximum Gasteiger partial charge on any atom is 0.136 e. The van der Waals surface area contributed by atoms with Crippen molar-refractivity contribution in [3.63, 3.8) is 0 Å². The lowest BCUT2D eigenvalue weighted by Gasteiger charge is -2.29. The molecule has 0 aliphatic carbocycles. The van der Waals surface area contributed by atoms with Crippen LogP contribution in [0.3, 0.4) is 0 Å². The lowest BCUT2D eigenvalue weighted by molar-refractivity contribution is 0.571. The van der Waals surface area contributed by atoms with E-state index in [0.29, 0.717) is 35.5 Å². The van der Waals surface area contributed by atoms with Crippen molar-refractivity contribution in [3.05, 3.63) is 93.5 Å². The molecule has 0 aliphatic rings. The van der Waals surface area contributed by atoms with Crippen molar-refractivity contribution >= 4 is 29.7 Å². The first-order valence-corrected chi connectivity index (χ1v) is 18.4. The van der Waals surface area contributed by atoms with Gasteiger partial charge >= 0.3 is 0 Å². The monoisotopic (exact) mass is 592 g/mol. The maximum atomic E-state index is 4.44. The van der Waals surface area contributed by atoms with E-state index in [9.17, 15) is 0 Å². The molecule has 0 amide bonds. The van der Waals surface area contributed by atoms with E-state index in [1.54, 1.807) is 10.4 Å². The number of rotatable bonds is 9. The summed E-state index contributed by atoms with van der Waals surface area (Å²) in [5, 5.41) is 7.60. The predicted octanol–water partition coefficient (Wildman–Crippen LogP) is 11.1. The molecule has 0 bridgehead atoms. The van der Waals surface area contributed by atoms with Crippen molar-refractivity contribution in [1.29, 1.82) is 0 Å². The van der Waals surface area contributed by atoms with Gasteiger partial charge in [-0.05, 0) is 90.2 Å². The summed E-state index contributed by atoms with van der Waals surface area (Å²) in [6, 6.07) is 21.3. The Morgan fingerprint density at radius 2 is 0.837 bits per heavy atom. The van der Waals surface area contributed by atoms with Gasteiger partial charge in [-0.1, -0.05) is 158 Å². The van der Waals surface area contributed by atoms with Crippen LogP contribution in [0.2, 0.25) is 0 Å². The van der Waals surface area contributed by atoms with E-state index < -0.39 is 8.41 Å². The average Bonchev–Trinajstić information content (AvgIpc) is 2.91. The van der Waals surface area contributed by atoms with Gasteiger partial charge in [-0.2, -0.15) is 0 Å². The van der Waals surface area contributed by atoms with E-state index in [0.717, 1.165) is 0 Å². The second-order valence-electron chi connectivity index (χ2n) is 15.6. The van der Waals surface area contributed by atoms with E-state index >= 15 is 0 Å². The molecule has 3 rings (SSSR count). The van der Waals surface area contributed by atoms with Crippen LogP contribution in [0, 0.1) is 5.41 Å². The summed E-state index contributed by atoms with van der Waals surface area (Å²) in [5.41, 5.74) is 11.6. The highest BCUT2D eigenvalue weighted by Crippen LogP contribution is 2.33. The standard InChI is InChI=1S/C42H60Si/c1-26(2)33-21-35(28(5)6)40(36(22-33)29(7)8)43(25-39(42(13,14)15)32-19-17-16-18-20-32)41-37(30(9)10)23-34(27(3)4)24-38(41)31(11)12/h16-24,26-31H,1-15H3. The minimum absolute atomic E-state index is 0.0427. The predicted molar refractivity (Wildman–Crippen MR) is 197 cm³/mol. The average molecular weight is 593 g/mol. The van der Waals surface area contributed by atoms with Crippen molar-refractivity contribution in [2.24, 2.45) is 5.41 Å². The van der Waals surface area contributed by atoms with Crippen molar-refractivity contribution in [3.8, 4) is 0 Å². The number of benzene rings is 3. The highest BCUT2D eigenvalue weighted by molar-refractivity contribution is 6.90. The SMILES string of the molecule is CC(C)c1cc(C(C)C)c([Si](=C=C(c2ccccc2)C(C)(C)C)c2c(C(C)C)cc(C(C)C)cc2C(C)C)c(C(C)C)c1. The molecule has 3 aromatic rings. The van der Waals surface area contributed by atoms with Gasteiger partial charge in [0.15, 0.2) is 0 Å². The third-order valence-electron chi connectivity index (χ3n) is 8.83. The molecule has 3 aromatic carbocycles. The summed E-state index contributed by atoms with van der Waals surface area (Å²) >= 11 is 0. The van der Waals surface area contributed by atoms with E-state index in [2.05, 4.69) is 164 Å². The molecule has 0 fully saturated rings. The Balaban J connectivity index is 2.81. The lowest BCUT2D eigenvalue weighted by Crippen LogP contribution is -2.45. The summed E-state index contributed by atoms with van der Waals surface area (Å²) in [4.78, 5) is 0. The third kappa shape index (κ3) is 7.98. The van der Waals surface area contributed by atoms with Gasteiger partial charge in [0.2, 0.25) is 0 Å². The molecule has 1 heteroatoms. The Labute approximate surface area is 267 Å². The van der Waals surface area contributed by atoms with Gasteiger partial charge in [0, 0.05) is 5.57 Å². The zero-order valence-corrected chi connectivity index (χ0v) is 31.2. The smallest absolute Gasteiger partial charge is 0.136 e. The Kier molecular flexibility index (Phi) is 11.5. The summed E-state index contributed by atoms with van der Waals surface area (Å²) in [6.45, 7) is 35.6. The van der Waals surface area contributed by atoms with Crippen LogP contribution in [0.5, 0.6) is 0 Å². The summed E-state index contributed by atoms with van der Waals surface area (Å²) in [7, 11) is -1.50.